The molecule has 0 amide bonds. The van der Waals surface area contributed by atoms with Crippen molar-refractivity contribution in [2.75, 3.05) is 13.2 Å². The monoisotopic (exact) mass is 285 g/mol. The van der Waals surface area contributed by atoms with Gasteiger partial charge in [0.05, 0.1) is 6.61 Å². The minimum atomic E-state index is -0.190. The summed E-state index contributed by atoms with van der Waals surface area (Å²) in [6.07, 6.45) is 1.03. The Labute approximate surface area is 125 Å². The van der Waals surface area contributed by atoms with E-state index in [0.29, 0.717) is 5.92 Å². The SMILES string of the molecule is C[C@H](NCC1CCOc2ccccc21)c1ccc(F)cc1. The number of ether oxygens (including phenoxy) is 1. The van der Waals surface area contributed by atoms with Gasteiger partial charge in [-0.25, -0.2) is 4.39 Å². The van der Waals surface area contributed by atoms with E-state index >= 15 is 0 Å². The van der Waals surface area contributed by atoms with Crippen LogP contribution in [0, 0.1) is 5.82 Å². The number of para-hydroxylation sites is 1. The van der Waals surface area contributed by atoms with Crippen LogP contribution in [0.3, 0.4) is 0 Å². The second-order valence-corrected chi connectivity index (χ2v) is 5.55. The van der Waals surface area contributed by atoms with Gasteiger partial charge in [-0.1, -0.05) is 30.3 Å². The van der Waals surface area contributed by atoms with E-state index in [1.54, 1.807) is 0 Å². The van der Waals surface area contributed by atoms with E-state index in [-0.39, 0.29) is 11.9 Å². The van der Waals surface area contributed by atoms with Gasteiger partial charge in [0.2, 0.25) is 0 Å². The number of hydrogen-bond acceptors (Lipinski definition) is 2. The number of fused-ring (bicyclic) bond motifs is 1. The fourth-order valence-electron chi connectivity index (χ4n) is 2.82. The van der Waals surface area contributed by atoms with Crippen molar-refractivity contribution in [3.8, 4) is 5.75 Å². The van der Waals surface area contributed by atoms with Gasteiger partial charge in [-0.2, -0.15) is 0 Å². The molecule has 1 heterocycles. The summed E-state index contributed by atoms with van der Waals surface area (Å²) in [5, 5.41) is 3.55. The molecule has 3 rings (SSSR count). The van der Waals surface area contributed by atoms with Crippen molar-refractivity contribution in [1.82, 2.24) is 5.32 Å². The summed E-state index contributed by atoms with van der Waals surface area (Å²) in [5.74, 6) is 1.28. The Morgan fingerprint density at radius 3 is 2.76 bits per heavy atom. The van der Waals surface area contributed by atoms with Crippen molar-refractivity contribution in [3.63, 3.8) is 0 Å². The van der Waals surface area contributed by atoms with Gasteiger partial charge in [0.1, 0.15) is 11.6 Å². The van der Waals surface area contributed by atoms with E-state index in [1.807, 2.05) is 24.3 Å². The second kappa shape index (κ2) is 6.27. The Balaban J connectivity index is 1.64. The standard InChI is InChI=1S/C18H20FNO/c1-13(14-6-8-16(19)9-7-14)20-12-15-10-11-21-18-5-3-2-4-17(15)18/h2-9,13,15,20H,10-12H2,1H3/t13-,15?/m0/s1. The lowest BCUT2D eigenvalue weighted by molar-refractivity contribution is 0.263. The first-order valence-electron chi connectivity index (χ1n) is 7.44. The van der Waals surface area contributed by atoms with E-state index in [4.69, 9.17) is 4.74 Å². The lowest BCUT2D eigenvalue weighted by atomic mass is 9.92. The predicted octanol–water partition coefficient (Wildman–Crippen LogP) is 4.04. The van der Waals surface area contributed by atoms with E-state index in [2.05, 4.69) is 24.4 Å². The summed E-state index contributed by atoms with van der Waals surface area (Å²) in [4.78, 5) is 0. The Bertz CT molecular complexity index is 596. The zero-order valence-electron chi connectivity index (χ0n) is 12.2. The molecule has 110 valence electrons. The third kappa shape index (κ3) is 3.24. The Hall–Kier alpha value is -1.87. The number of hydrogen-bond donors (Lipinski definition) is 1. The summed E-state index contributed by atoms with van der Waals surface area (Å²) in [5.41, 5.74) is 2.39. The van der Waals surface area contributed by atoms with Crippen molar-refractivity contribution < 1.29 is 9.13 Å². The molecule has 2 aromatic rings. The topological polar surface area (TPSA) is 21.3 Å². The van der Waals surface area contributed by atoms with Gasteiger partial charge in [0, 0.05) is 18.5 Å². The molecule has 0 saturated carbocycles. The maximum absolute atomic E-state index is 13.0. The average molecular weight is 285 g/mol. The van der Waals surface area contributed by atoms with E-state index < -0.39 is 0 Å². The van der Waals surface area contributed by atoms with Crippen LogP contribution in [0.25, 0.3) is 0 Å². The maximum Gasteiger partial charge on any atom is 0.123 e. The zero-order valence-corrected chi connectivity index (χ0v) is 12.2. The number of benzene rings is 2. The Morgan fingerprint density at radius 1 is 1.19 bits per heavy atom. The number of nitrogens with one attached hydrogen (secondary N) is 1. The van der Waals surface area contributed by atoms with Gasteiger partial charge in [-0.3, -0.25) is 0 Å². The van der Waals surface area contributed by atoms with Crippen LogP contribution in [0.1, 0.15) is 36.4 Å². The van der Waals surface area contributed by atoms with Gasteiger partial charge in [-0.05, 0) is 42.7 Å². The molecule has 0 saturated heterocycles. The smallest absolute Gasteiger partial charge is 0.123 e. The van der Waals surface area contributed by atoms with Gasteiger partial charge in [0.15, 0.2) is 0 Å². The third-order valence-electron chi connectivity index (χ3n) is 4.12. The highest BCUT2D eigenvalue weighted by atomic mass is 19.1. The molecule has 1 unspecified atom stereocenters. The molecule has 2 atom stereocenters. The minimum absolute atomic E-state index is 0.190. The molecule has 1 aliphatic heterocycles. The van der Waals surface area contributed by atoms with Crippen LogP contribution in [-0.4, -0.2) is 13.2 Å². The molecular weight excluding hydrogens is 265 g/mol. The van der Waals surface area contributed by atoms with Crippen LogP contribution >= 0.6 is 0 Å². The summed E-state index contributed by atoms with van der Waals surface area (Å²) in [6, 6.07) is 15.2. The van der Waals surface area contributed by atoms with Gasteiger partial charge in [-0.15, -0.1) is 0 Å². The molecule has 0 aliphatic carbocycles. The first-order chi connectivity index (χ1) is 10.2. The molecule has 1 N–H and O–H groups in total. The van der Waals surface area contributed by atoms with E-state index in [1.165, 1.54) is 17.7 Å². The van der Waals surface area contributed by atoms with Crippen molar-refractivity contribution in [3.05, 3.63) is 65.5 Å². The largest absolute Gasteiger partial charge is 0.493 e. The predicted molar refractivity (Wildman–Crippen MR) is 82.1 cm³/mol. The van der Waals surface area contributed by atoms with Crippen LogP contribution in [0.15, 0.2) is 48.5 Å². The van der Waals surface area contributed by atoms with Crippen LogP contribution in [0.2, 0.25) is 0 Å². The highest BCUT2D eigenvalue weighted by Crippen LogP contribution is 2.33. The third-order valence-corrected chi connectivity index (χ3v) is 4.12. The first kappa shape index (κ1) is 14.1. The highest BCUT2D eigenvalue weighted by molar-refractivity contribution is 5.38. The molecule has 0 radical (unpaired) electrons. The van der Waals surface area contributed by atoms with Crippen LogP contribution in [0.5, 0.6) is 5.75 Å². The summed E-state index contributed by atoms with van der Waals surface area (Å²) < 4.78 is 18.6. The average Bonchev–Trinajstić information content (AvgIpc) is 2.53. The molecule has 0 aromatic heterocycles. The quantitative estimate of drug-likeness (QED) is 0.915. The van der Waals surface area contributed by atoms with Crippen molar-refractivity contribution in [2.45, 2.75) is 25.3 Å². The Morgan fingerprint density at radius 2 is 1.95 bits per heavy atom. The molecule has 21 heavy (non-hydrogen) atoms. The van der Waals surface area contributed by atoms with Crippen LogP contribution in [0.4, 0.5) is 4.39 Å². The van der Waals surface area contributed by atoms with Gasteiger partial charge < -0.3 is 10.1 Å². The summed E-state index contributed by atoms with van der Waals surface area (Å²) in [6.45, 7) is 3.78. The van der Waals surface area contributed by atoms with Crippen LogP contribution < -0.4 is 10.1 Å². The number of halogens is 1. The zero-order chi connectivity index (χ0) is 14.7. The number of rotatable bonds is 4. The molecular formula is C18H20FNO. The minimum Gasteiger partial charge on any atom is -0.493 e. The lowest BCUT2D eigenvalue weighted by Gasteiger charge is -2.27. The Kier molecular flexibility index (Phi) is 4.20. The molecule has 2 aromatic carbocycles. The normalized spacial score (nSPS) is 18.7. The molecule has 1 aliphatic rings. The molecule has 0 bridgehead atoms. The molecule has 2 nitrogen and oxygen atoms in total. The van der Waals surface area contributed by atoms with Crippen molar-refractivity contribution >= 4 is 0 Å². The fraction of sp³-hybridized carbons (Fsp3) is 0.333. The van der Waals surface area contributed by atoms with Gasteiger partial charge in [0.25, 0.3) is 0 Å². The first-order valence-corrected chi connectivity index (χ1v) is 7.44. The molecule has 0 spiro atoms. The summed E-state index contributed by atoms with van der Waals surface area (Å²) in [7, 11) is 0. The molecule has 3 heteroatoms. The molecule has 0 fully saturated rings. The van der Waals surface area contributed by atoms with Crippen molar-refractivity contribution in [2.24, 2.45) is 0 Å². The van der Waals surface area contributed by atoms with E-state index in [9.17, 15) is 4.39 Å². The van der Waals surface area contributed by atoms with Gasteiger partial charge >= 0.3 is 0 Å². The lowest BCUT2D eigenvalue weighted by Crippen LogP contribution is -2.28. The van der Waals surface area contributed by atoms with E-state index in [0.717, 1.165) is 30.9 Å². The fourth-order valence-corrected chi connectivity index (χ4v) is 2.82. The second-order valence-electron chi connectivity index (χ2n) is 5.55. The summed E-state index contributed by atoms with van der Waals surface area (Å²) >= 11 is 0. The van der Waals surface area contributed by atoms with Crippen molar-refractivity contribution in [1.29, 1.82) is 0 Å². The van der Waals surface area contributed by atoms with Crippen LogP contribution in [-0.2, 0) is 0 Å². The highest BCUT2D eigenvalue weighted by Gasteiger charge is 2.21. The maximum atomic E-state index is 13.0.